The van der Waals surface area contributed by atoms with Crippen LogP contribution in [-0.2, 0) is 6.42 Å². The Morgan fingerprint density at radius 2 is 1.79 bits per heavy atom. The molecule has 164 valence electrons. The number of hydrogen-bond acceptors (Lipinski definition) is 4. The zero-order chi connectivity index (χ0) is 20.0. The third-order valence-corrected chi connectivity index (χ3v) is 6.17. The van der Waals surface area contributed by atoms with Gasteiger partial charge in [0.15, 0.2) is 17.5 Å². The summed E-state index contributed by atoms with van der Waals surface area (Å²) >= 11 is 0. The van der Waals surface area contributed by atoms with Gasteiger partial charge in [0, 0.05) is 31.7 Å². The van der Waals surface area contributed by atoms with E-state index in [4.69, 9.17) is 19.2 Å². The Labute approximate surface area is 192 Å². The molecular weight excluding hydrogens is 481 g/mol. The van der Waals surface area contributed by atoms with Crippen LogP contribution in [0, 0.1) is 5.41 Å². The summed E-state index contributed by atoms with van der Waals surface area (Å²) < 4.78 is 16.5. The number of aliphatic imine (C=N–C) groups is 1. The highest BCUT2D eigenvalue weighted by Gasteiger charge is 2.41. The van der Waals surface area contributed by atoms with Crippen LogP contribution in [0.1, 0.15) is 44.6 Å². The summed E-state index contributed by atoms with van der Waals surface area (Å²) in [4.78, 5) is 7.38. The van der Waals surface area contributed by atoms with E-state index >= 15 is 0 Å². The van der Waals surface area contributed by atoms with Gasteiger partial charge in [0.1, 0.15) is 0 Å². The number of halogens is 1. The topological polar surface area (TPSA) is 55.3 Å². The van der Waals surface area contributed by atoms with Crippen LogP contribution >= 0.6 is 24.0 Å². The predicted octanol–water partition coefficient (Wildman–Crippen LogP) is 4.10. The molecule has 1 saturated heterocycles. The van der Waals surface area contributed by atoms with Gasteiger partial charge in [0.25, 0.3) is 0 Å². The summed E-state index contributed by atoms with van der Waals surface area (Å²) in [6.07, 6.45) is 7.64. The van der Waals surface area contributed by atoms with Crippen molar-refractivity contribution in [2.75, 3.05) is 47.5 Å². The number of likely N-dealkylation sites (tertiary alicyclic amines) is 1. The first kappa shape index (κ1) is 23.9. The Balaban J connectivity index is 0.00000300. The number of nitrogens with zero attached hydrogens (tertiary/aromatic N) is 2. The summed E-state index contributed by atoms with van der Waals surface area (Å²) in [5.74, 6) is 3.10. The molecule has 1 N–H and O–H groups in total. The molecule has 1 saturated carbocycles. The molecule has 0 radical (unpaired) electrons. The number of guanidine groups is 1. The highest BCUT2D eigenvalue weighted by atomic mass is 127. The fraction of sp³-hybridized carbons (Fsp3) is 0.682. The average Bonchev–Trinajstić information content (AvgIpc) is 3.36. The molecule has 2 fully saturated rings. The second kappa shape index (κ2) is 11.1. The molecule has 3 rings (SSSR count). The lowest BCUT2D eigenvalue weighted by molar-refractivity contribution is 0.309. The lowest BCUT2D eigenvalue weighted by Gasteiger charge is -2.26. The fourth-order valence-electron chi connectivity index (χ4n) is 4.72. The minimum absolute atomic E-state index is 0. The van der Waals surface area contributed by atoms with Crippen molar-refractivity contribution < 1.29 is 14.2 Å². The third-order valence-electron chi connectivity index (χ3n) is 6.17. The van der Waals surface area contributed by atoms with Gasteiger partial charge in [-0.1, -0.05) is 18.9 Å². The molecule has 1 heterocycles. The predicted molar refractivity (Wildman–Crippen MR) is 128 cm³/mol. The first-order chi connectivity index (χ1) is 13.7. The summed E-state index contributed by atoms with van der Waals surface area (Å²) in [6, 6.07) is 3.96. The van der Waals surface area contributed by atoms with E-state index in [0.717, 1.165) is 43.3 Å². The summed E-state index contributed by atoms with van der Waals surface area (Å²) in [6.45, 7) is 6.00. The first-order valence-corrected chi connectivity index (χ1v) is 10.5. The number of hydrogen-bond donors (Lipinski definition) is 1. The van der Waals surface area contributed by atoms with Gasteiger partial charge in [0.05, 0.1) is 21.3 Å². The van der Waals surface area contributed by atoms with Crippen molar-refractivity contribution in [1.29, 1.82) is 0 Å². The molecule has 6 nitrogen and oxygen atoms in total. The quantitative estimate of drug-likeness (QED) is 0.335. The molecule has 7 heteroatoms. The van der Waals surface area contributed by atoms with Crippen LogP contribution in [0.25, 0.3) is 0 Å². The summed E-state index contributed by atoms with van der Waals surface area (Å²) in [5.41, 5.74) is 1.62. The second-order valence-corrected chi connectivity index (χ2v) is 7.86. The van der Waals surface area contributed by atoms with E-state index in [0.29, 0.717) is 23.5 Å². The molecule has 1 aliphatic heterocycles. The zero-order valence-electron chi connectivity index (χ0n) is 18.3. The van der Waals surface area contributed by atoms with Gasteiger partial charge in [-0.15, -0.1) is 24.0 Å². The Morgan fingerprint density at radius 1 is 1.07 bits per heavy atom. The van der Waals surface area contributed by atoms with Crippen LogP contribution < -0.4 is 19.5 Å². The minimum Gasteiger partial charge on any atom is -0.493 e. The maximum atomic E-state index is 5.60. The fourth-order valence-corrected chi connectivity index (χ4v) is 4.72. The molecule has 1 spiro atoms. The number of methoxy groups -OCH3 is 3. The van der Waals surface area contributed by atoms with Crippen LogP contribution in [-0.4, -0.2) is 58.4 Å². The molecule has 0 atom stereocenters. The Morgan fingerprint density at radius 3 is 2.41 bits per heavy atom. The number of nitrogens with one attached hydrogen (secondary N) is 1. The van der Waals surface area contributed by atoms with Gasteiger partial charge in [0.2, 0.25) is 5.75 Å². The van der Waals surface area contributed by atoms with E-state index in [1.54, 1.807) is 21.3 Å². The second-order valence-electron chi connectivity index (χ2n) is 7.86. The zero-order valence-corrected chi connectivity index (χ0v) is 20.6. The Kier molecular flexibility index (Phi) is 9.17. The Hall–Kier alpha value is -1.38. The van der Waals surface area contributed by atoms with Gasteiger partial charge in [-0.25, -0.2) is 0 Å². The highest BCUT2D eigenvalue weighted by molar-refractivity contribution is 14.0. The van der Waals surface area contributed by atoms with Crippen LogP contribution in [0.15, 0.2) is 17.1 Å². The van der Waals surface area contributed by atoms with Gasteiger partial charge >= 0.3 is 0 Å². The van der Waals surface area contributed by atoms with Crippen molar-refractivity contribution in [3.8, 4) is 17.2 Å². The molecule has 1 aliphatic carbocycles. The average molecular weight is 517 g/mol. The molecule has 0 unspecified atom stereocenters. The number of ether oxygens (including phenoxy) is 3. The largest absolute Gasteiger partial charge is 0.493 e. The van der Waals surface area contributed by atoms with Gasteiger partial charge in [-0.05, 0) is 44.1 Å². The monoisotopic (exact) mass is 517 g/mol. The molecular formula is C22H36IN3O3. The standard InChI is InChI=1S/C22H35N3O3.HI/c1-5-23-21(25-15-13-22(16-25)11-6-7-12-22)24-14-10-17-8-9-18(26-2)20(28-4)19(17)27-3;/h8-9H,5-7,10-16H2,1-4H3,(H,23,24);1H. The summed E-state index contributed by atoms with van der Waals surface area (Å²) in [5, 5.41) is 3.49. The molecule has 0 bridgehead atoms. The van der Waals surface area contributed by atoms with Crippen molar-refractivity contribution in [3.05, 3.63) is 17.7 Å². The molecule has 1 aromatic carbocycles. The van der Waals surface area contributed by atoms with Crippen LogP contribution in [0.3, 0.4) is 0 Å². The van der Waals surface area contributed by atoms with E-state index in [9.17, 15) is 0 Å². The minimum atomic E-state index is 0. The maximum Gasteiger partial charge on any atom is 0.203 e. The van der Waals surface area contributed by atoms with Crippen molar-refractivity contribution in [2.45, 2.75) is 45.4 Å². The van der Waals surface area contributed by atoms with E-state index in [2.05, 4.69) is 17.1 Å². The van der Waals surface area contributed by atoms with E-state index < -0.39 is 0 Å². The smallest absolute Gasteiger partial charge is 0.203 e. The highest BCUT2D eigenvalue weighted by Crippen LogP contribution is 2.45. The first-order valence-electron chi connectivity index (χ1n) is 10.5. The van der Waals surface area contributed by atoms with Crippen molar-refractivity contribution in [2.24, 2.45) is 10.4 Å². The normalized spacial score (nSPS) is 17.9. The van der Waals surface area contributed by atoms with Crippen LogP contribution in [0.4, 0.5) is 0 Å². The number of benzene rings is 1. The van der Waals surface area contributed by atoms with Crippen LogP contribution in [0.2, 0.25) is 0 Å². The lowest BCUT2D eigenvalue weighted by atomic mass is 9.86. The molecule has 0 amide bonds. The summed E-state index contributed by atoms with van der Waals surface area (Å²) in [7, 11) is 4.94. The van der Waals surface area contributed by atoms with E-state index in [-0.39, 0.29) is 24.0 Å². The third kappa shape index (κ3) is 5.41. The Bertz CT molecular complexity index is 690. The molecule has 1 aromatic rings. The van der Waals surface area contributed by atoms with Crippen LogP contribution in [0.5, 0.6) is 17.2 Å². The molecule has 29 heavy (non-hydrogen) atoms. The van der Waals surface area contributed by atoms with Crippen molar-refractivity contribution in [3.63, 3.8) is 0 Å². The van der Waals surface area contributed by atoms with E-state index in [1.807, 2.05) is 12.1 Å². The van der Waals surface area contributed by atoms with Crippen molar-refractivity contribution in [1.82, 2.24) is 10.2 Å². The van der Waals surface area contributed by atoms with Gasteiger partial charge in [-0.2, -0.15) is 0 Å². The van der Waals surface area contributed by atoms with Crippen molar-refractivity contribution >= 4 is 29.9 Å². The van der Waals surface area contributed by atoms with Gasteiger partial charge < -0.3 is 24.4 Å². The SMILES string of the molecule is CCNC(=NCCc1ccc(OC)c(OC)c1OC)N1CCC2(CCCC2)C1.I. The van der Waals surface area contributed by atoms with E-state index in [1.165, 1.54) is 32.1 Å². The molecule has 0 aromatic heterocycles. The van der Waals surface area contributed by atoms with Gasteiger partial charge in [-0.3, -0.25) is 4.99 Å². The lowest BCUT2D eigenvalue weighted by Crippen LogP contribution is -2.41. The number of rotatable bonds is 7. The molecule has 2 aliphatic rings. The maximum absolute atomic E-state index is 5.60.